The predicted molar refractivity (Wildman–Crippen MR) is 123 cm³/mol. The van der Waals surface area contributed by atoms with Crippen LogP contribution >= 0.6 is 0 Å². The molecule has 1 fully saturated rings. The van der Waals surface area contributed by atoms with Crippen LogP contribution in [0.2, 0.25) is 0 Å². The van der Waals surface area contributed by atoms with Crippen molar-refractivity contribution in [2.45, 2.75) is 13.3 Å². The van der Waals surface area contributed by atoms with Crippen LogP contribution < -0.4 is 4.74 Å². The minimum atomic E-state index is -0.116. The van der Waals surface area contributed by atoms with E-state index in [-0.39, 0.29) is 17.7 Å². The van der Waals surface area contributed by atoms with Crippen LogP contribution in [0.3, 0.4) is 0 Å². The molecule has 7 nitrogen and oxygen atoms in total. The van der Waals surface area contributed by atoms with E-state index in [1.54, 1.807) is 30.8 Å². The largest absolute Gasteiger partial charge is 0.464 e. The minimum absolute atomic E-state index is 0.116. The highest BCUT2D eigenvalue weighted by Crippen LogP contribution is 2.25. The molecule has 0 N–H and O–H groups in total. The molecule has 5 rings (SSSR count). The summed E-state index contributed by atoms with van der Waals surface area (Å²) in [5.74, 6) is 0.873. The fourth-order valence-electron chi connectivity index (χ4n) is 4.08. The summed E-state index contributed by atoms with van der Waals surface area (Å²) in [6.45, 7) is 4.12. The Hall–Kier alpha value is -3.71. The summed E-state index contributed by atoms with van der Waals surface area (Å²) in [5.41, 5.74) is 3.35. The number of hydrogen-bond acceptors (Lipinski definition) is 6. The molecule has 0 spiro atoms. The molecule has 1 amide bonds. The first-order chi connectivity index (χ1) is 16.2. The highest BCUT2D eigenvalue weighted by atomic mass is 16.5. The third kappa shape index (κ3) is 4.88. The maximum atomic E-state index is 13.5. The van der Waals surface area contributed by atoms with Crippen molar-refractivity contribution in [3.8, 4) is 11.6 Å². The van der Waals surface area contributed by atoms with E-state index in [4.69, 9.17) is 13.9 Å². The number of aromatic nitrogens is 2. The normalized spacial score (nSPS) is 16.5. The maximum Gasteiger partial charge on any atom is 0.259 e. The van der Waals surface area contributed by atoms with Gasteiger partial charge in [0.15, 0.2) is 0 Å². The van der Waals surface area contributed by atoms with Gasteiger partial charge in [-0.05, 0) is 55.3 Å². The van der Waals surface area contributed by atoms with E-state index in [1.807, 2.05) is 30.0 Å². The van der Waals surface area contributed by atoms with Crippen LogP contribution in [0.15, 0.2) is 71.6 Å². The number of pyridine rings is 2. The van der Waals surface area contributed by atoms with Crippen LogP contribution in [-0.2, 0) is 11.2 Å². The lowest BCUT2D eigenvalue weighted by Gasteiger charge is -2.24. The standard InChI is InChI=1S/C26H25N3O4/c1-18-4-7-22(15-28-18)33-25-23(3-2-9-27-25)26(30)29-10-12-31-17-20(16-29)13-19-5-6-21-8-11-32-24(21)14-19/h2-9,11,14-15,20H,10,12-13,16-17H2,1H3. The topological polar surface area (TPSA) is 77.7 Å². The smallest absolute Gasteiger partial charge is 0.259 e. The predicted octanol–water partition coefficient (Wildman–Crippen LogP) is 4.65. The Labute approximate surface area is 192 Å². The van der Waals surface area contributed by atoms with Crippen LogP contribution in [0, 0.1) is 12.8 Å². The van der Waals surface area contributed by atoms with Crippen molar-refractivity contribution in [3.05, 3.63) is 84.0 Å². The zero-order valence-electron chi connectivity index (χ0n) is 18.4. The Morgan fingerprint density at radius 3 is 3.00 bits per heavy atom. The van der Waals surface area contributed by atoms with E-state index in [0.29, 0.717) is 37.6 Å². The molecule has 4 heterocycles. The van der Waals surface area contributed by atoms with Crippen molar-refractivity contribution in [1.29, 1.82) is 0 Å². The van der Waals surface area contributed by atoms with Crippen molar-refractivity contribution in [3.63, 3.8) is 0 Å². The zero-order chi connectivity index (χ0) is 22.6. The summed E-state index contributed by atoms with van der Waals surface area (Å²) in [7, 11) is 0. The lowest BCUT2D eigenvalue weighted by molar-refractivity contribution is 0.0734. The Morgan fingerprint density at radius 1 is 1.18 bits per heavy atom. The van der Waals surface area contributed by atoms with Gasteiger partial charge in [-0.1, -0.05) is 12.1 Å². The molecule has 0 aliphatic carbocycles. The molecule has 0 saturated carbocycles. The summed E-state index contributed by atoms with van der Waals surface area (Å²) >= 11 is 0. The summed E-state index contributed by atoms with van der Waals surface area (Å²) < 4.78 is 17.3. The van der Waals surface area contributed by atoms with Gasteiger partial charge in [0.25, 0.3) is 5.91 Å². The summed E-state index contributed by atoms with van der Waals surface area (Å²) in [6, 6.07) is 15.4. The summed E-state index contributed by atoms with van der Waals surface area (Å²) in [5, 5.41) is 1.08. The highest BCUT2D eigenvalue weighted by Gasteiger charge is 2.26. The van der Waals surface area contributed by atoms with Crippen molar-refractivity contribution in [1.82, 2.24) is 14.9 Å². The Balaban J connectivity index is 1.32. The number of rotatable bonds is 5. The second kappa shape index (κ2) is 9.42. The molecule has 0 radical (unpaired) electrons. The van der Waals surface area contributed by atoms with E-state index < -0.39 is 0 Å². The van der Waals surface area contributed by atoms with Gasteiger partial charge in [-0.15, -0.1) is 0 Å². The monoisotopic (exact) mass is 443 g/mol. The fraction of sp³-hybridized carbons (Fsp3) is 0.269. The van der Waals surface area contributed by atoms with E-state index in [2.05, 4.69) is 28.2 Å². The lowest BCUT2D eigenvalue weighted by Crippen LogP contribution is -2.36. The molecule has 4 aromatic rings. The molecule has 3 aromatic heterocycles. The molecule has 7 heteroatoms. The van der Waals surface area contributed by atoms with Gasteiger partial charge in [-0.25, -0.2) is 4.98 Å². The molecule has 1 aromatic carbocycles. The number of nitrogens with zero attached hydrogens (tertiary/aromatic N) is 3. The van der Waals surface area contributed by atoms with E-state index in [0.717, 1.165) is 28.6 Å². The van der Waals surface area contributed by atoms with Gasteiger partial charge in [0.1, 0.15) is 16.9 Å². The summed E-state index contributed by atoms with van der Waals surface area (Å²) in [6.07, 6.45) is 5.74. The second-order valence-electron chi connectivity index (χ2n) is 8.28. The molecule has 168 valence electrons. The molecule has 33 heavy (non-hydrogen) atoms. The molecular weight excluding hydrogens is 418 g/mol. The minimum Gasteiger partial charge on any atom is -0.464 e. The average Bonchev–Trinajstić information content (AvgIpc) is 3.18. The fourth-order valence-corrected chi connectivity index (χ4v) is 4.08. The maximum absolute atomic E-state index is 13.5. The summed E-state index contributed by atoms with van der Waals surface area (Å²) in [4.78, 5) is 23.9. The van der Waals surface area contributed by atoms with Crippen molar-refractivity contribution in [2.24, 2.45) is 5.92 Å². The third-order valence-electron chi connectivity index (χ3n) is 5.77. The number of carbonyl (C=O) groups is 1. The first-order valence-electron chi connectivity index (χ1n) is 11.0. The zero-order valence-corrected chi connectivity index (χ0v) is 18.4. The number of furan rings is 1. The number of hydrogen-bond donors (Lipinski definition) is 0. The van der Waals surface area contributed by atoms with Crippen LogP contribution in [0.1, 0.15) is 21.6 Å². The van der Waals surface area contributed by atoms with E-state index in [9.17, 15) is 4.79 Å². The second-order valence-corrected chi connectivity index (χ2v) is 8.28. The Bertz CT molecular complexity index is 1250. The molecular formula is C26H25N3O4. The molecule has 0 bridgehead atoms. The molecule has 1 aliphatic heterocycles. The van der Waals surface area contributed by atoms with Gasteiger partial charge in [0, 0.05) is 36.3 Å². The SMILES string of the molecule is Cc1ccc(Oc2ncccc2C(=O)N2CCOCC(Cc3ccc4ccoc4c3)C2)cn1. The van der Waals surface area contributed by atoms with Gasteiger partial charge < -0.3 is 18.8 Å². The van der Waals surface area contributed by atoms with Gasteiger partial charge in [0.2, 0.25) is 5.88 Å². The number of ether oxygens (including phenoxy) is 2. The van der Waals surface area contributed by atoms with Gasteiger partial charge in [-0.2, -0.15) is 0 Å². The van der Waals surface area contributed by atoms with Crippen molar-refractivity contribution in [2.75, 3.05) is 26.3 Å². The van der Waals surface area contributed by atoms with E-state index >= 15 is 0 Å². The van der Waals surface area contributed by atoms with Gasteiger partial charge >= 0.3 is 0 Å². The highest BCUT2D eigenvalue weighted by molar-refractivity contribution is 5.96. The molecule has 1 saturated heterocycles. The van der Waals surface area contributed by atoms with Crippen LogP contribution in [0.25, 0.3) is 11.0 Å². The lowest BCUT2D eigenvalue weighted by atomic mass is 9.98. The first kappa shape index (κ1) is 21.2. The third-order valence-corrected chi connectivity index (χ3v) is 5.77. The number of benzene rings is 1. The average molecular weight is 444 g/mol. The van der Waals surface area contributed by atoms with Gasteiger partial charge in [-0.3, -0.25) is 9.78 Å². The molecule has 1 aliphatic rings. The number of aryl methyl sites for hydroxylation is 1. The number of carbonyl (C=O) groups excluding carboxylic acids is 1. The van der Waals surface area contributed by atoms with Gasteiger partial charge in [0.05, 0.1) is 25.7 Å². The Morgan fingerprint density at radius 2 is 2.12 bits per heavy atom. The molecule has 1 unspecified atom stereocenters. The van der Waals surface area contributed by atoms with Crippen LogP contribution in [0.4, 0.5) is 0 Å². The Kier molecular flexibility index (Phi) is 6.04. The number of amides is 1. The van der Waals surface area contributed by atoms with Crippen LogP contribution in [-0.4, -0.2) is 47.1 Å². The number of fused-ring (bicyclic) bond motifs is 1. The van der Waals surface area contributed by atoms with Crippen molar-refractivity contribution < 1.29 is 18.7 Å². The molecule has 1 atom stereocenters. The van der Waals surface area contributed by atoms with Crippen LogP contribution in [0.5, 0.6) is 11.6 Å². The first-order valence-corrected chi connectivity index (χ1v) is 11.0. The van der Waals surface area contributed by atoms with E-state index in [1.165, 1.54) is 0 Å². The van der Waals surface area contributed by atoms with Crippen molar-refractivity contribution >= 4 is 16.9 Å². The quantitative estimate of drug-likeness (QED) is 0.447.